The molecule has 0 bridgehead atoms. The van der Waals surface area contributed by atoms with Crippen molar-refractivity contribution in [1.29, 1.82) is 0 Å². The summed E-state index contributed by atoms with van der Waals surface area (Å²) in [5.41, 5.74) is 2.49. The van der Waals surface area contributed by atoms with Crippen LogP contribution in [0.4, 0.5) is 0 Å². The Morgan fingerprint density at radius 2 is 1.94 bits per heavy atom. The van der Waals surface area contributed by atoms with Gasteiger partial charge in [-0.3, -0.25) is 9.59 Å². The third kappa shape index (κ3) is 3.62. The largest absolute Gasteiger partial charge is 0.496 e. The molecule has 1 N–H and O–H groups in total. The quantitative estimate of drug-likeness (QED) is 0.491. The van der Waals surface area contributed by atoms with Crippen LogP contribution in [0, 0.1) is 6.92 Å². The lowest BCUT2D eigenvalue weighted by Gasteiger charge is -2.17. The maximum Gasteiger partial charge on any atom is 0.280 e. The molecular weight excluding hydrogens is 432 g/mol. The van der Waals surface area contributed by atoms with Crippen molar-refractivity contribution in [2.75, 3.05) is 14.2 Å². The predicted molar refractivity (Wildman–Crippen MR) is 121 cm³/mol. The van der Waals surface area contributed by atoms with Crippen molar-refractivity contribution >= 4 is 28.5 Å². The van der Waals surface area contributed by atoms with Crippen LogP contribution in [0.1, 0.15) is 34.6 Å². The molecule has 8 nitrogen and oxygen atoms in total. The molecule has 2 aromatic heterocycles. The highest BCUT2D eigenvalue weighted by Crippen LogP contribution is 2.34. The highest BCUT2D eigenvalue weighted by atomic mass is 35.5. The third-order valence-electron chi connectivity index (χ3n) is 5.37. The monoisotopic (exact) mass is 452 g/mol. The van der Waals surface area contributed by atoms with Gasteiger partial charge in [-0.05, 0) is 49.7 Å². The molecule has 32 heavy (non-hydrogen) atoms. The SMILES string of the molecule is CNC(=O)c1ccc(OC)c(-c2nn([C@H](C)c3ccc(Cl)cc3)c(=O)c3c(C)noc23)c1. The molecule has 4 rings (SSSR count). The number of halogens is 1. The van der Waals surface area contributed by atoms with Crippen molar-refractivity contribution in [3.05, 3.63) is 74.7 Å². The number of hydrogen-bond donors (Lipinski definition) is 1. The highest BCUT2D eigenvalue weighted by Gasteiger charge is 2.24. The Morgan fingerprint density at radius 1 is 1.22 bits per heavy atom. The Balaban J connectivity index is 2.01. The van der Waals surface area contributed by atoms with Crippen LogP contribution in [-0.4, -0.2) is 35.0 Å². The topological polar surface area (TPSA) is 99.2 Å². The number of carbonyl (C=O) groups excluding carboxylic acids is 1. The minimum absolute atomic E-state index is 0.236. The number of nitrogens with one attached hydrogen (secondary N) is 1. The van der Waals surface area contributed by atoms with E-state index in [1.807, 2.05) is 19.1 Å². The number of nitrogens with zero attached hydrogens (tertiary/aromatic N) is 3. The Morgan fingerprint density at radius 3 is 2.59 bits per heavy atom. The van der Waals surface area contributed by atoms with Crippen molar-refractivity contribution in [2.45, 2.75) is 19.9 Å². The van der Waals surface area contributed by atoms with Crippen LogP contribution in [0.25, 0.3) is 22.2 Å². The summed E-state index contributed by atoms with van der Waals surface area (Å²) in [5, 5.41) is 12.2. The maximum absolute atomic E-state index is 13.3. The Labute approximate surface area is 188 Å². The molecule has 1 amide bonds. The van der Waals surface area contributed by atoms with Crippen LogP contribution < -0.4 is 15.6 Å². The van der Waals surface area contributed by atoms with Gasteiger partial charge in [0.05, 0.1) is 18.8 Å². The van der Waals surface area contributed by atoms with E-state index in [2.05, 4.69) is 15.6 Å². The van der Waals surface area contributed by atoms with Gasteiger partial charge in [0, 0.05) is 23.2 Å². The fourth-order valence-corrected chi connectivity index (χ4v) is 3.72. The summed E-state index contributed by atoms with van der Waals surface area (Å²) in [6.45, 7) is 3.57. The number of fused-ring (bicyclic) bond motifs is 1. The fraction of sp³-hybridized carbons (Fsp3) is 0.217. The number of ether oxygens (including phenoxy) is 1. The van der Waals surface area contributed by atoms with Gasteiger partial charge in [0.25, 0.3) is 11.5 Å². The summed E-state index contributed by atoms with van der Waals surface area (Å²) in [6, 6.07) is 11.8. The molecule has 0 spiro atoms. The molecule has 0 fully saturated rings. The van der Waals surface area contributed by atoms with Gasteiger partial charge in [0.2, 0.25) is 5.58 Å². The molecule has 0 unspecified atom stereocenters. The first kappa shape index (κ1) is 21.6. The minimum Gasteiger partial charge on any atom is -0.496 e. The van der Waals surface area contributed by atoms with E-state index in [0.29, 0.717) is 38.7 Å². The zero-order valence-corrected chi connectivity index (χ0v) is 18.7. The minimum atomic E-state index is -0.398. The van der Waals surface area contributed by atoms with E-state index in [0.717, 1.165) is 5.56 Å². The fourth-order valence-electron chi connectivity index (χ4n) is 3.60. The number of hydrogen-bond acceptors (Lipinski definition) is 6. The first-order chi connectivity index (χ1) is 15.3. The van der Waals surface area contributed by atoms with Crippen LogP contribution in [0.3, 0.4) is 0 Å². The van der Waals surface area contributed by atoms with Crippen LogP contribution in [0.2, 0.25) is 5.02 Å². The number of aryl methyl sites for hydroxylation is 1. The van der Waals surface area contributed by atoms with Gasteiger partial charge in [-0.15, -0.1) is 0 Å². The number of benzene rings is 2. The Kier molecular flexibility index (Phi) is 5.71. The molecule has 0 aliphatic carbocycles. The molecule has 0 aliphatic rings. The van der Waals surface area contributed by atoms with E-state index in [9.17, 15) is 9.59 Å². The second-order valence-electron chi connectivity index (χ2n) is 7.29. The number of rotatable bonds is 5. The van der Waals surface area contributed by atoms with Gasteiger partial charge in [0.1, 0.15) is 16.8 Å². The van der Waals surface area contributed by atoms with E-state index >= 15 is 0 Å². The molecule has 0 saturated carbocycles. The van der Waals surface area contributed by atoms with Gasteiger partial charge in [0.15, 0.2) is 0 Å². The summed E-state index contributed by atoms with van der Waals surface area (Å²) in [6.07, 6.45) is 0. The van der Waals surface area contributed by atoms with Gasteiger partial charge in [-0.25, -0.2) is 4.68 Å². The summed E-state index contributed by atoms with van der Waals surface area (Å²) in [5.74, 6) is 0.214. The van der Waals surface area contributed by atoms with Crippen molar-refractivity contribution in [3.63, 3.8) is 0 Å². The van der Waals surface area contributed by atoms with Gasteiger partial charge >= 0.3 is 0 Å². The highest BCUT2D eigenvalue weighted by molar-refractivity contribution is 6.30. The van der Waals surface area contributed by atoms with E-state index in [4.69, 9.17) is 20.9 Å². The second kappa shape index (κ2) is 8.47. The van der Waals surface area contributed by atoms with Crippen molar-refractivity contribution in [2.24, 2.45) is 0 Å². The van der Waals surface area contributed by atoms with Crippen LogP contribution in [0.5, 0.6) is 5.75 Å². The second-order valence-corrected chi connectivity index (χ2v) is 7.73. The van der Waals surface area contributed by atoms with Gasteiger partial charge < -0.3 is 14.6 Å². The van der Waals surface area contributed by atoms with E-state index in [1.54, 1.807) is 44.3 Å². The Hall–Kier alpha value is -3.65. The molecule has 4 aromatic rings. The first-order valence-electron chi connectivity index (χ1n) is 9.90. The molecule has 9 heteroatoms. The summed E-state index contributed by atoms with van der Waals surface area (Å²) in [7, 11) is 3.07. The van der Waals surface area contributed by atoms with Crippen LogP contribution in [-0.2, 0) is 0 Å². The summed E-state index contributed by atoms with van der Waals surface area (Å²) in [4.78, 5) is 25.6. The van der Waals surface area contributed by atoms with Crippen LogP contribution >= 0.6 is 11.6 Å². The molecule has 2 heterocycles. The zero-order valence-electron chi connectivity index (χ0n) is 18.0. The number of aromatic nitrogens is 3. The average molecular weight is 453 g/mol. The normalized spacial score (nSPS) is 12.0. The van der Waals surface area contributed by atoms with E-state index < -0.39 is 6.04 Å². The molecule has 164 valence electrons. The lowest BCUT2D eigenvalue weighted by molar-refractivity contribution is 0.0963. The van der Waals surface area contributed by atoms with Crippen molar-refractivity contribution in [1.82, 2.24) is 20.3 Å². The lowest BCUT2D eigenvalue weighted by atomic mass is 10.0. The van der Waals surface area contributed by atoms with E-state index in [-0.39, 0.29) is 17.0 Å². The standard InChI is InChI=1S/C23H21ClN4O4/c1-12-19-21(32-27-12)20(17-11-15(22(29)25-3)7-10-18(17)31-4)26-28(23(19)30)13(2)14-5-8-16(24)9-6-14/h5-11,13H,1-4H3,(H,25,29)/t13-/m1/s1. The summed E-state index contributed by atoms with van der Waals surface area (Å²) < 4.78 is 12.4. The van der Waals surface area contributed by atoms with Gasteiger partial charge in [-0.2, -0.15) is 5.10 Å². The molecule has 1 atom stereocenters. The first-order valence-corrected chi connectivity index (χ1v) is 10.3. The number of methoxy groups -OCH3 is 1. The predicted octanol–water partition coefficient (Wildman–Crippen LogP) is 3.99. The van der Waals surface area contributed by atoms with Crippen molar-refractivity contribution < 1.29 is 14.1 Å². The molecule has 0 radical (unpaired) electrons. The molecule has 0 saturated heterocycles. The lowest BCUT2D eigenvalue weighted by Crippen LogP contribution is -2.27. The smallest absolute Gasteiger partial charge is 0.280 e. The number of amides is 1. The van der Waals surface area contributed by atoms with Crippen LogP contribution in [0.15, 0.2) is 51.8 Å². The van der Waals surface area contributed by atoms with Crippen molar-refractivity contribution in [3.8, 4) is 17.0 Å². The average Bonchev–Trinajstić information content (AvgIpc) is 3.20. The molecular formula is C23H21ClN4O4. The number of carbonyl (C=O) groups is 1. The third-order valence-corrected chi connectivity index (χ3v) is 5.62. The maximum atomic E-state index is 13.3. The van der Waals surface area contributed by atoms with E-state index in [1.165, 1.54) is 11.8 Å². The summed E-state index contributed by atoms with van der Waals surface area (Å²) >= 11 is 6.02. The van der Waals surface area contributed by atoms with Gasteiger partial charge in [-0.1, -0.05) is 28.9 Å². The molecule has 0 aliphatic heterocycles. The Bertz CT molecular complexity index is 1380. The zero-order chi connectivity index (χ0) is 23.0. The molecule has 2 aromatic carbocycles.